The van der Waals surface area contributed by atoms with E-state index in [1.807, 2.05) is 59.6 Å². The van der Waals surface area contributed by atoms with Crippen molar-refractivity contribution in [2.75, 3.05) is 26.2 Å². The van der Waals surface area contributed by atoms with Crippen molar-refractivity contribution in [1.82, 2.24) is 14.8 Å². The zero-order chi connectivity index (χ0) is 17.9. The number of para-hydroxylation sites is 1. The Balaban J connectivity index is 1.38. The van der Waals surface area contributed by atoms with Gasteiger partial charge >= 0.3 is 0 Å². The van der Waals surface area contributed by atoms with Gasteiger partial charge in [0.2, 0.25) is 0 Å². The van der Waals surface area contributed by atoms with E-state index in [0.29, 0.717) is 5.56 Å². The first-order valence-electron chi connectivity index (χ1n) is 8.81. The first-order chi connectivity index (χ1) is 12.7. The molecule has 26 heavy (non-hydrogen) atoms. The van der Waals surface area contributed by atoms with Gasteiger partial charge in [0, 0.05) is 49.8 Å². The van der Waals surface area contributed by atoms with E-state index in [0.717, 1.165) is 49.2 Å². The summed E-state index contributed by atoms with van der Waals surface area (Å²) in [6.07, 6.45) is 1.82. The average molecular weight is 344 g/mol. The molecule has 0 atom stereocenters. The Hall–Kier alpha value is -3.10. The quantitative estimate of drug-likeness (QED) is 0.794. The number of aromatic amines is 1. The molecule has 0 spiro atoms. The molecule has 1 aliphatic heterocycles. The van der Waals surface area contributed by atoms with Gasteiger partial charge in [0.05, 0.1) is 17.2 Å². The van der Waals surface area contributed by atoms with Crippen LogP contribution in [0.3, 0.4) is 0 Å². The molecule has 3 aromatic rings. The van der Waals surface area contributed by atoms with Crippen molar-refractivity contribution in [3.05, 3.63) is 71.4 Å². The van der Waals surface area contributed by atoms with Gasteiger partial charge in [-0.25, -0.2) is 0 Å². The molecule has 5 heteroatoms. The van der Waals surface area contributed by atoms with E-state index in [1.54, 1.807) is 0 Å². The summed E-state index contributed by atoms with van der Waals surface area (Å²) in [4.78, 5) is 20.3. The molecule has 1 N–H and O–H groups in total. The van der Waals surface area contributed by atoms with Gasteiger partial charge in [-0.15, -0.1) is 0 Å². The highest BCUT2D eigenvalue weighted by atomic mass is 16.2. The molecule has 0 saturated carbocycles. The largest absolute Gasteiger partial charge is 0.360 e. The van der Waals surface area contributed by atoms with Crippen LogP contribution in [-0.2, 0) is 6.54 Å². The van der Waals surface area contributed by atoms with E-state index in [2.05, 4.69) is 16.0 Å². The zero-order valence-electron chi connectivity index (χ0n) is 14.5. The van der Waals surface area contributed by atoms with Crippen LogP contribution < -0.4 is 0 Å². The number of nitriles is 1. The summed E-state index contributed by atoms with van der Waals surface area (Å²) in [5.74, 6) is 0.0977. The number of amides is 1. The number of hydrogen-bond acceptors (Lipinski definition) is 3. The number of fused-ring (bicyclic) bond motifs is 1. The molecule has 5 nitrogen and oxygen atoms in total. The van der Waals surface area contributed by atoms with Gasteiger partial charge in [0.15, 0.2) is 0 Å². The van der Waals surface area contributed by atoms with Crippen LogP contribution in [0.4, 0.5) is 0 Å². The van der Waals surface area contributed by atoms with Gasteiger partial charge in [-0.1, -0.05) is 30.3 Å². The molecule has 2 heterocycles. The second-order valence-electron chi connectivity index (χ2n) is 6.63. The van der Waals surface area contributed by atoms with Crippen molar-refractivity contribution in [3.8, 4) is 6.07 Å². The van der Waals surface area contributed by atoms with Gasteiger partial charge in [-0.05, 0) is 23.8 Å². The molecule has 0 aliphatic carbocycles. The Labute approximate surface area is 152 Å². The maximum atomic E-state index is 12.9. The fraction of sp³-hybridized carbons (Fsp3) is 0.238. The smallest absolute Gasteiger partial charge is 0.256 e. The highest BCUT2D eigenvalue weighted by Crippen LogP contribution is 2.20. The predicted molar refractivity (Wildman–Crippen MR) is 101 cm³/mol. The number of piperazine rings is 1. The van der Waals surface area contributed by atoms with Crippen molar-refractivity contribution in [3.63, 3.8) is 0 Å². The molecule has 1 fully saturated rings. The van der Waals surface area contributed by atoms with Crippen molar-refractivity contribution < 1.29 is 4.79 Å². The maximum absolute atomic E-state index is 12.9. The summed E-state index contributed by atoms with van der Waals surface area (Å²) in [5, 5.41) is 9.86. The van der Waals surface area contributed by atoms with Crippen molar-refractivity contribution in [2.24, 2.45) is 0 Å². The van der Waals surface area contributed by atoms with Gasteiger partial charge in [0.25, 0.3) is 5.91 Å². The third-order valence-electron chi connectivity index (χ3n) is 4.97. The fourth-order valence-corrected chi connectivity index (χ4v) is 3.47. The first kappa shape index (κ1) is 16.4. The van der Waals surface area contributed by atoms with Crippen LogP contribution in [0.2, 0.25) is 0 Å². The van der Waals surface area contributed by atoms with Crippen molar-refractivity contribution >= 4 is 16.8 Å². The summed E-state index contributed by atoms with van der Waals surface area (Å²) >= 11 is 0. The number of hydrogen-bond donors (Lipinski definition) is 1. The number of aromatic nitrogens is 1. The molecule has 0 unspecified atom stereocenters. The molecule has 2 aromatic carbocycles. The summed E-state index contributed by atoms with van der Waals surface area (Å²) < 4.78 is 0. The van der Waals surface area contributed by atoms with Gasteiger partial charge in [-0.2, -0.15) is 5.26 Å². The highest BCUT2D eigenvalue weighted by molar-refractivity contribution is 6.06. The van der Waals surface area contributed by atoms with E-state index in [1.165, 1.54) is 5.56 Å². The van der Waals surface area contributed by atoms with E-state index in [9.17, 15) is 4.79 Å². The lowest BCUT2D eigenvalue weighted by Gasteiger charge is -2.34. The summed E-state index contributed by atoms with van der Waals surface area (Å²) in [6.45, 7) is 4.02. The van der Waals surface area contributed by atoms with E-state index in [4.69, 9.17) is 5.26 Å². The minimum Gasteiger partial charge on any atom is -0.360 e. The lowest BCUT2D eigenvalue weighted by Crippen LogP contribution is -2.48. The number of carbonyl (C=O) groups is 1. The number of nitrogens with zero attached hydrogens (tertiary/aromatic N) is 3. The molecule has 1 saturated heterocycles. The number of carbonyl (C=O) groups excluding carboxylic acids is 1. The van der Waals surface area contributed by atoms with Crippen LogP contribution in [0.1, 0.15) is 21.5 Å². The maximum Gasteiger partial charge on any atom is 0.256 e. The predicted octanol–water partition coefficient (Wildman–Crippen LogP) is 3.00. The Morgan fingerprint density at radius 3 is 2.50 bits per heavy atom. The Morgan fingerprint density at radius 2 is 1.77 bits per heavy atom. The zero-order valence-corrected chi connectivity index (χ0v) is 14.5. The van der Waals surface area contributed by atoms with Crippen LogP contribution >= 0.6 is 0 Å². The van der Waals surface area contributed by atoms with Crippen LogP contribution in [-0.4, -0.2) is 46.9 Å². The monoisotopic (exact) mass is 344 g/mol. The minimum absolute atomic E-state index is 0.0977. The lowest BCUT2D eigenvalue weighted by atomic mass is 10.1. The Morgan fingerprint density at radius 1 is 1.04 bits per heavy atom. The standard InChI is InChI=1S/C21H20N4O/c22-13-16-5-7-17(8-6-16)15-24-9-11-25(12-10-24)21(26)19-14-23-20-4-2-1-3-18(19)20/h1-8,14,23H,9-12,15H2. The summed E-state index contributed by atoms with van der Waals surface area (Å²) in [7, 11) is 0. The van der Waals surface area contributed by atoms with Gasteiger partial charge in [0.1, 0.15) is 0 Å². The Kier molecular flexibility index (Phi) is 4.42. The summed E-state index contributed by atoms with van der Waals surface area (Å²) in [5.41, 5.74) is 3.62. The topological polar surface area (TPSA) is 63.1 Å². The SMILES string of the molecule is N#Cc1ccc(CN2CCN(C(=O)c3c[nH]c4ccccc34)CC2)cc1. The fourth-order valence-electron chi connectivity index (χ4n) is 3.47. The van der Waals surface area contributed by atoms with Gasteiger partial charge in [-0.3, -0.25) is 9.69 Å². The van der Waals surface area contributed by atoms with Crippen LogP contribution in [0.15, 0.2) is 54.7 Å². The van der Waals surface area contributed by atoms with E-state index >= 15 is 0 Å². The van der Waals surface area contributed by atoms with Crippen molar-refractivity contribution in [2.45, 2.75) is 6.54 Å². The average Bonchev–Trinajstić information content (AvgIpc) is 3.13. The second kappa shape index (κ2) is 7.03. The van der Waals surface area contributed by atoms with Crippen LogP contribution in [0, 0.1) is 11.3 Å². The first-order valence-corrected chi connectivity index (χ1v) is 8.81. The van der Waals surface area contributed by atoms with Gasteiger partial charge < -0.3 is 9.88 Å². The number of nitrogens with one attached hydrogen (secondary N) is 1. The summed E-state index contributed by atoms with van der Waals surface area (Å²) in [6, 6.07) is 17.8. The highest BCUT2D eigenvalue weighted by Gasteiger charge is 2.23. The van der Waals surface area contributed by atoms with Crippen LogP contribution in [0.5, 0.6) is 0 Å². The van der Waals surface area contributed by atoms with Crippen molar-refractivity contribution in [1.29, 1.82) is 5.26 Å². The molecule has 130 valence electrons. The molecule has 0 bridgehead atoms. The molecule has 1 aliphatic rings. The normalized spacial score (nSPS) is 15.1. The Bertz CT molecular complexity index is 960. The molecule has 1 amide bonds. The molecule has 4 rings (SSSR count). The number of H-pyrrole nitrogens is 1. The third-order valence-corrected chi connectivity index (χ3v) is 4.97. The molecule has 0 radical (unpaired) electrons. The number of rotatable bonds is 3. The third kappa shape index (κ3) is 3.19. The lowest BCUT2D eigenvalue weighted by molar-refractivity contribution is 0.0630. The van der Waals surface area contributed by atoms with E-state index < -0.39 is 0 Å². The number of benzene rings is 2. The second-order valence-corrected chi connectivity index (χ2v) is 6.63. The minimum atomic E-state index is 0.0977. The van der Waals surface area contributed by atoms with Crippen LogP contribution in [0.25, 0.3) is 10.9 Å². The molecular weight excluding hydrogens is 324 g/mol. The molecular formula is C21H20N4O. The van der Waals surface area contributed by atoms with E-state index in [-0.39, 0.29) is 5.91 Å². The molecule has 1 aromatic heterocycles.